The van der Waals surface area contributed by atoms with Gasteiger partial charge in [-0.25, -0.2) is 0 Å². The molecule has 0 spiro atoms. The van der Waals surface area contributed by atoms with E-state index in [0.717, 1.165) is 4.88 Å². The van der Waals surface area contributed by atoms with Gasteiger partial charge >= 0.3 is 0 Å². The van der Waals surface area contributed by atoms with Gasteiger partial charge in [0.15, 0.2) is 6.61 Å². The number of oxime groups is 1. The van der Waals surface area contributed by atoms with Gasteiger partial charge in [0.2, 0.25) is 0 Å². The van der Waals surface area contributed by atoms with Crippen LogP contribution in [0.3, 0.4) is 0 Å². The summed E-state index contributed by atoms with van der Waals surface area (Å²) in [6, 6.07) is 3.86. The van der Waals surface area contributed by atoms with E-state index in [1.165, 1.54) is 6.08 Å². The third kappa shape index (κ3) is 3.38. The molecule has 1 aliphatic carbocycles. The molecule has 2 rings (SSSR count). The van der Waals surface area contributed by atoms with Crippen molar-refractivity contribution in [2.45, 2.75) is 25.9 Å². The molecule has 0 saturated heterocycles. The Balaban J connectivity index is 2.03. The molecule has 0 bridgehead atoms. The number of rotatable bonds is 5. The Hall–Kier alpha value is -1.75. The van der Waals surface area contributed by atoms with Gasteiger partial charge in [-0.05, 0) is 23.9 Å². The highest BCUT2D eigenvalue weighted by molar-refractivity contribution is 7.09. The van der Waals surface area contributed by atoms with E-state index < -0.39 is 5.92 Å². The minimum absolute atomic E-state index is 0.0883. The van der Waals surface area contributed by atoms with Crippen LogP contribution in [-0.2, 0) is 21.0 Å². The number of carbonyl (C=O) groups is 2. The minimum Gasteiger partial charge on any atom is -0.390 e. The van der Waals surface area contributed by atoms with Gasteiger partial charge in [0.1, 0.15) is 17.5 Å². The summed E-state index contributed by atoms with van der Waals surface area (Å²) in [6.07, 6.45) is 2.91. The molecule has 0 unspecified atom stereocenters. The van der Waals surface area contributed by atoms with Crippen molar-refractivity contribution >= 4 is 28.6 Å². The van der Waals surface area contributed by atoms with Gasteiger partial charge in [-0.1, -0.05) is 17.8 Å². The largest absolute Gasteiger partial charge is 0.390 e. The number of thiophene rings is 1. The van der Waals surface area contributed by atoms with Crippen LogP contribution in [0.25, 0.3) is 0 Å². The number of hydrogen-bond acceptors (Lipinski definition) is 5. The number of nitrogens with zero attached hydrogens (tertiary/aromatic N) is 1. The van der Waals surface area contributed by atoms with Gasteiger partial charge in [0.05, 0.1) is 5.71 Å². The summed E-state index contributed by atoms with van der Waals surface area (Å²) in [5.41, 5.74) is 0.325. The summed E-state index contributed by atoms with van der Waals surface area (Å²) in [4.78, 5) is 29.8. The van der Waals surface area contributed by atoms with Crippen LogP contribution in [0.2, 0.25) is 0 Å². The van der Waals surface area contributed by atoms with Gasteiger partial charge in [-0.3, -0.25) is 9.59 Å². The first-order chi connectivity index (χ1) is 9.22. The van der Waals surface area contributed by atoms with E-state index in [1.54, 1.807) is 11.3 Å². The van der Waals surface area contributed by atoms with Crippen molar-refractivity contribution in [1.82, 2.24) is 0 Å². The minimum atomic E-state index is -0.783. The number of Topliss-reactive ketones (excluding diaryl/α,β-unsaturated/α-hetero) is 2. The summed E-state index contributed by atoms with van der Waals surface area (Å²) in [5, 5.41) is 5.85. The molecule has 0 amide bonds. The highest BCUT2D eigenvalue weighted by Gasteiger charge is 2.33. The lowest BCUT2D eigenvalue weighted by atomic mass is 9.83. The van der Waals surface area contributed by atoms with E-state index >= 15 is 0 Å². The Labute approximate surface area is 115 Å². The zero-order chi connectivity index (χ0) is 13.7. The van der Waals surface area contributed by atoms with Crippen molar-refractivity contribution in [3.05, 3.63) is 35.0 Å². The smallest absolute Gasteiger partial charge is 0.151 e. The van der Waals surface area contributed by atoms with Crippen LogP contribution in [-0.4, -0.2) is 17.3 Å². The van der Waals surface area contributed by atoms with E-state index in [2.05, 4.69) is 11.7 Å². The first-order valence-electron chi connectivity index (χ1n) is 6.12. The fraction of sp³-hybridized carbons (Fsp3) is 0.357. The number of hydrogen-bond donors (Lipinski definition) is 0. The highest BCUT2D eigenvalue weighted by Crippen LogP contribution is 2.20. The molecule has 0 aliphatic heterocycles. The maximum Gasteiger partial charge on any atom is 0.151 e. The molecule has 0 atom stereocenters. The fourth-order valence-corrected chi connectivity index (χ4v) is 2.62. The number of allylic oxidation sites excluding steroid dienone is 1. The summed E-state index contributed by atoms with van der Waals surface area (Å²) >= 11 is 1.56. The SMILES string of the molecule is C=CC(=NOCc1cccs1)C1C(=O)CCCC1=O. The second kappa shape index (κ2) is 6.43. The van der Waals surface area contributed by atoms with E-state index in [-0.39, 0.29) is 11.6 Å². The van der Waals surface area contributed by atoms with Crippen molar-refractivity contribution in [3.8, 4) is 0 Å². The summed E-state index contributed by atoms with van der Waals surface area (Å²) < 4.78 is 0. The van der Waals surface area contributed by atoms with Crippen molar-refractivity contribution in [2.75, 3.05) is 0 Å². The molecule has 100 valence electrons. The third-order valence-electron chi connectivity index (χ3n) is 2.95. The quantitative estimate of drug-likeness (QED) is 0.472. The molecule has 1 heterocycles. The fourth-order valence-electron chi connectivity index (χ4n) is 2.01. The summed E-state index contributed by atoms with van der Waals surface area (Å²) in [7, 11) is 0. The maximum atomic E-state index is 11.8. The highest BCUT2D eigenvalue weighted by atomic mass is 32.1. The molecule has 0 aromatic carbocycles. The second-order valence-electron chi connectivity index (χ2n) is 4.29. The molecule has 1 aromatic rings. The number of carbonyl (C=O) groups excluding carboxylic acids is 2. The summed E-state index contributed by atoms with van der Waals surface area (Å²) in [5.74, 6) is -0.959. The van der Waals surface area contributed by atoms with Gasteiger partial charge < -0.3 is 4.84 Å². The summed E-state index contributed by atoms with van der Waals surface area (Å²) in [6.45, 7) is 3.95. The van der Waals surface area contributed by atoms with Crippen molar-refractivity contribution in [3.63, 3.8) is 0 Å². The van der Waals surface area contributed by atoms with Crippen LogP contribution in [0, 0.1) is 5.92 Å². The first kappa shape index (κ1) is 13.7. The van der Waals surface area contributed by atoms with Crippen LogP contribution in [0.4, 0.5) is 0 Å². The van der Waals surface area contributed by atoms with Crippen molar-refractivity contribution in [2.24, 2.45) is 11.1 Å². The molecule has 1 aromatic heterocycles. The standard InChI is InChI=1S/C14H15NO3S/c1-2-11(14-12(16)6-3-7-13(14)17)15-18-9-10-5-4-8-19-10/h2,4-5,8,14H,1,3,6-7,9H2. The van der Waals surface area contributed by atoms with E-state index in [0.29, 0.717) is 31.6 Å². The molecule has 5 heteroatoms. The number of ketones is 2. The molecule has 4 nitrogen and oxygen atoms in total. The molecular weight excluding hydrogens is 262 g/mol. The average molecular weight is 277 g/mol. The van der Waals surface area contributed by atoms with Gasteiger partial charge in [-0.15, -0.1) is 11.3 Å². The lowest BCUT2D eigenvalue weighted by Gasteiger charge is -2.18. The van der Waals surface area contributed by atoms with Crippen LogP contribution >= 0.6 is 11.3 Å². The van der Waals surface area contributed by atoms with E-state index in [9.17, 15) is 9.59 Å². The molecule has 0 radical (unpaired) electrons. The molecular formula is C14H15NO3S. The van der Waals surface area contributed by atoms with Gasteiger partial charge in [0, 0.05) is 17.7 Å². The lowest BCUT2D eigenvalue weighted by Crippen LogP contribution is -2.34. The predicted molar refractivity (Wildman–Crippen MR) is 74.1 cm³/mol. The third-order valence-corrected chi connectivity index (χ3v) is 3.80. The molecule has 19 heavy (non-hydrogen) atoms. The van der Waals surface area contributed by atoms with Crippen LogP contribution in [0.1, 0.15) is 24.1 Å². The van der Waals surface area contributed by atoms with E-state index in [1.807, 2.05) is 17.5 Å². The van der Waals surface area contributed by atoms with Gasteiger partial charge in [-0.2, -0.15) is 0 Å². The predicted octanol–water partition coefficient (Wildman–Crippen LogP) is 2.75. The Morgan fingerprint density at radius 3 is 2.79 bits per heavy atom. The normalized spacial score (nSPS) is 17.6. The van der Waals surface area contributed by atoms with E-state index in [4.69, 9.17) is 4.84 Å². The molecule has 1 aliphatic rings. The zero-order valence-corrected chi connectivity index (χ0v) is 11.3. The monoisotopic (exact) mass is 277 g/mol. The second-order valence-corrected chi connectivity index (χ2v) is 5.32. The van der Waals surface area contributed by atoms with Crippen LogP contribution in [0.5, 0.6) is 0 Å². The van der Waals surface area contributed by atoms with Gasteiger partial charge in [0.25, 0.3) is 0 Å². The van der Waals surface area contributed by atoms with Crippen molar-refractivity contribution in [1.29, 1.82) is 0 Å². The van der Waals surface area contributed by atoms with Crippen LogP contribution in [0.15, 0.2) is 35.3 Å². The Morgan fingerprint density at radius 1 is 1.47 bits per heavy atom. The molecule has 1 saturated carbocycles. The maximum absolute atomic E-state index is 11.8. The Kier molecular flexibility index (Phi) is 4.63. The Morgan fingerprint density at radius 2 is 2.21 bits per heavy atom. The Bertz CT molecular complexity index is 489. The zero-order valence-electron chi connectivity index (χ0n) is 10.5. The van der Waals surface area contributed by atoms with Crippen molar-refractivity contribution < 1.29 is 14.4 Å². The molecule has 0 N–H and O–H groups in total. The average Bonchev–Trinajstić information content (AvgIpc) is 2.89. The van der Waals surface area contributed by atoms with Crippen LogP contribution < -0.4 is 0 Å². The topological polar surface area (TPSA) is 55.7 Å². The lowest BCUT2D eigenvalue weighted by molar-refractivity contribution is -0.132. The first-order valence-corrected chi connectivity index (χ1v) is 7.00. The molecule has 1 fully saturated rings.